The smallest absolute Gasteiger partial charge is 0.0971 e. The van der Waals surface area contributed by atoms with E-state index < -0.39 is 12.2 Å². The topological polar surface area (TPSA) is 40.5 Å². The van der Waals surface area contributed by atoms with Crippen LogP contribution in [-0.4, -0.2) is 10.2 Å². The summed E-state index contributed by atoms with van der Waals surface area (Å²) in [5, 5.41) is 19.9. The van der Waals surface area contributed by atoms with Gasteiger partial charge in [-0.25, -0.2) is 0 Å². The molecule has 0 aliphatic carbocycles. The molecule has 0 bridgehead atoms. The van der Waals surface area contributed by atoms with Crippen molar-refractivity contribution in [1.82, 2.24) is 0 Å². The molecule has 0 fully saturated rings. The minimum absolute atomic E-state index is 0.494. The van der Waals surface area contributed by atoms with Crippen LogP contribution >= 0.6 is 0 Å². The lowest BCUT2D eigenvalue weighted by atomic mass is 10.0. The predicted octanol–water partition coefficient (Wildman–Crippen LogP) is 3.40. The van der Waals surface area contributed by atoms with Crippen molar-refractivity contribution in [2.75, 3.05) is 0 Å². The zero-order valence-corrected chi connectivity index (χ0v) is 10.7. The monoisotopic (exact) mass is 254 g/mol. The van der Waals surface area contributed by atoms with E-state index in [1.165, 1.54) is 0 Å². The molecule has 0 aromatic heterocycles. The minimum Gasteiger partial charge on any atom is -0.388 e. The highest BCUT2D eigenvalue weighted by Crippen LogP contribution is 2.18. The van der Waals surface area contributed by atoms with Gasteiger partial charge in [0.2, 0.25) is 0 Å². The van der Waals surface area contributed by atoms with Crippen LogP contribution in [-0.2, 0) is 0 Å². The molecule has 0 saturated carbocycles. The van der Waals surface area contributed by atoms with Crippen molar-refractivity contribution in [3.8, 4) is 0 Å². The predicted molar refractivity (Wildman–Crippen MR) is 76.6 cm³/mol. The first-order chi connectivity index (χ1) is 9.27. The van der Waals surface area contributed by atoms with E-state index in [-0.39, 0.29) is 0 Å². The van der Waals surface area contributed by atoms with Gasteiger partial charge in [0.1, 0.15) is 0 Å². The van der Waals surface area contributed by atoms with Crippen LogP contribution in [0.5, 0.6) is 0 Å². The second-order valence-electron chi connectivity index (χ2n) is 4.45. The lowest BCUT2D eigenvalue weighted by molar-refractivity contribution is 0.180. The van der Waals surface area contributed by atoms with Crippen molar-refractivity contribution in [3.05, 3.63) is 83.9 Å². The Kier molecular flexibility index (Phi) is 4.90. The SMILES string of the molecule is O[C@H](/C=C\C[C@H](O)c1ccccc1)c1ccccc1. The molecule has 0 radical (unpaired) electrons. The standard InChI is InChI=1S/C17H18O2/c18-16(14-8-3-1-4-9-14)12-7-13-17(19)15-10-5-2-6-11-15/h1-12,16-19H,13H2/b12-7-/t16-,17+/m1/s1. The molecule has 0 unspecified atom stereocenters. The molecular weight excluding hydrogens is 236 g/mol. The van der Waals surface area contributed by atoms with Gasteiger partial charge in [0.25, 0.3) is 0 Å². The molecule has 0 amide bonds. The number of aliphatic hydroxyl groups excluding tert-OH is 2. The van der Waals surface area contributed by atoms with E-state index in [1.54, 1.807) is 6.08 Å². The average Bonchev–Trinajstić information content (AvgIpc) is 2.49. The fourth-order valence-corrected chi connectivity index (χ4v) is 1.91. The van der Waals surface area contributed by atoms with Gasteiger partial charge in [0.05, 0.1) is 12.2 Å². The van der Waals surface area contributed by atoms with Gasteiger partial charge in [-0.05, 0) is 17.5 Å². The average molecular weight is 254 g/mol. The quantitative estimate of drug-likeness (QED) is 0.803. The molecule has 2 aromatic rings. The van der Waals surface area contributed by atoms with Crippen LogP contribution in [0.15, 0.2) is 72.8 Å². The van der Waals surface area contributed by atoms with Crippen LogP contribution in [0, 0.1) is 0 Å². The number of aliphatic hydroxyl groups is 2. The van der Waals surface area contributed by atoms with Crippen LogP contribution in [0.4, 0.5) is 0 Å². The molecule has 2 atom stereocenters. The van der Waals surface area contributed by atoms with Gasteiger partial charge in [0, 0.05) is 0 Å². The van der Waals surface area contributed by atoms with Gasteiger partial charge in [-0.2, -0.15) is 0 Å². The summed E-state index contributed by atoms with van der Waals surface area (Å²) < 4.78 is 0. The van der Waals surface area contributed by atoms with Gasteiger partial charge in [-0.3, -0.25) is 0 Å². The van der Waals surface area contributed by atoms with Gasteiger partial charge < -0.3 is 10.2 Å². The second-order valence-corrected chi connectivity index (χ2v) is 4.45. The first-order valence-corrected chi connectivity index (χ1v) is 6.40. The van der Waals surface area contributed by atoms with E-state index in [0.717, 1.165) is 11.1 Å². The molecule has 2 heteroatoms. The van der Waals surface area contributed by atoms with Gasteiger partial charge in [-0.1, -0.05) is 72.8 Å². The summed E-state index contributed by atoms with van der Waals surface area (Å²) in [5.41, 5.74) is 1.74. The number of hydrogen-bond donors (Lipinski definition) is 2. The van der Waals surface area contributed by atoms with Crippen molar-refractivity contribution >= 4 is 0 Å². The second kappa shape index (κ2) is 6.88. The highest BCUT2D eigenvalue weighted by Gasteiger charge is 2.05. The van der Waals surface area contributed by atoms with Crippen molar-refractivity contribution in [2.45, 2.75) is 18.6 Å². The van der Waals surface area contributed by atoms with Gasteiger partial charge in [0.15, 0.2) is 0 Å². The van der Waals surface area contributed by atoms with Crippen LogP contribution in [0.3, 0.4) is 0 Å². The maximum Gasteiger partial charge on any atom is 0.0971 e. The Balaban J connectivity index is 1.90. The Hall–Kier alpha value is -1.90. The highest BCUT2D eigenvalue weighted by atomic mass is 16.3. The molecule has 98 valence electrons. The lowest BCUT2D eigenvalue weighted by Crippen LogP contribution is -1.96. The Morgan fingerprint density at radius 2 is 1.32 bits per heavy atom. The third-order valence-electron chi connectivity index (χ3n) is 3.00. The Bertz CT molecular complexity index is 505. The molecule has 0 aliphatic heterocycles. The Labute approximate surface area is 113 Å². The van der Waals surface area contributed by atoms with E-state index in [2.05, 4.69) is 0 Å². The van der Waals surface area contributed by atoms with Crippen molar-refractivity contribution < 1.29 is 10.2 Å². The maximum absolute atomic E-state index is 9.97. The molecule has 19 heavy (non-hydrogen) atoms. The fraction of sp³-hybridized carbons (Fsp3) is 0.176. The molecule has 2 N–H and O–H groups in total. The van der Waals surface area contributed by atoms with Crippen LogP contribution in [0.25, 0.3) is 0 Å². The number of hydrogen-bond acceptors (Lipinski definition) is 2. The largest absolute Gasteiger partial charge is 0.388 e. The van der Waals surface area contributed by atoms with Crippen molar-refractivity contribution in [2.24, 2.45) is 0 Å². The summed E-state index contributed by atoms with van der Waals surface area (Å²) in [6.07, 6.45) is 2.87. The van der Waals surface area contributed by atoms with E-state index in [9.17, 15) is 10.2 Å². The molecule has 0 heterocycles. The van der Waals surface area contributed by atoms with Crippen LogP contribution in [0.2, 0.25) is 0 Å². The van der Waals surface area contributed by atoms with Crippen molar-refractivity contribution in [3.63, 3.8) is 0 Å². The highest BCUT2D eigenvalue weighted by molar-refractivity contribution is 5.22. The zero-order chi connectivity index (χ0) is 13.5. The molecule has 0 spiro atoms. The normalized spacial score (nSPS) is 14.4. The molecule has 0 saturated heterocycles. The zero-order valence-electron chi connectivity index (χ0n) is 10.7. The van der Waals surface area contributed by atoms with Crippen LogP contribution < -0.4 is 0 Å². The van der Waals surface area contributed by atoms with E-state index >= 15 is 0 Å². The van der Waals surface area contributed by atoms with Crippen molar-refractivity contribution in [1.29, 1.82) is 0 Å². The van der Waals surface area contributed by atoms with E-state index in [4.69, 9.17) is 0 Å². The van der Waals surface area contributed by atoms with E-state index in [1.807, 2.05) is 66.7 Å². The fourth-order valence-electron chi connectivity index (χ4n) is 1.91. The number of rotatable bonds is 5. The Morgan fingerprint density at radius 3 is 1.89 bits per heavy atom. The third kappa shape index (κ3) is 4.05. The minimum atomic E-state index is -0.621. The van der Waals surface area contributed by atoms with E-state index in [0.29, 0.717) is 6.42 Å². The third-order valence-corrected chi connectivity index (χ3v) is 3.00. The van der Waals surface area contributed by atoms with Crippen LogP contribution in [0.1, 0.15) is 29.8 Å². The summed E-state index contributed by atoms with van der Waals surface area (Å²) in [6.45, 7) is 0. The summed E-state index contributed by atoms with van der Waals surface area (Å²) in [7, 11) is 0. The molecule has 2 rings (SSSR count). The summed E-state index contributed by atoms with van der Waals surface area (Å²) in [5.74, 6) is 0. The molecule has 0 aliphatic rings. The molecule has 2 aromatic carbocycles. The first-order valence-electron chi connectivity index (χ1n) is 6.40. The Morgan fingerprint density at radius 1 is 0.789 bits per heavy atom. The summed E-state index contributed by atoms with van der Waals surface area (Å²) in [4.78, 5) is 0. The summed E-state index contributed by atoms with van der Waals surface area (Å²) in [6, 6.07) is 19.0. The molecule has 2 nitrogen and oxygen atoms in total. The van der Waals surface area contributed by atoms with Gasteiger partial charge >= 0.3 is 0 Å². The number of benzene rings is 2. The van der Waals surface area contributed by atoms with Gasteiger partial charge in [-0.15, -0.1) is 0 Å². The maximum atomic E-state index is 9.97. The molecular formula is C17H18O2. The lowest BCUT2D eigenvalue weighted by Gasteiger charge is -2.09. The first kappa shape index (κ1) is 13.5. The summed E-state index contributed by atoms with van der Waals surface area (Å²) >= 11 is 0.